The van der Waals surface area contributed by atoms with Gasteiger partial charge >= 0.3 is 12.1 Å². The minimum atomic E-state index is -1.45. The van der Waals surface area contributed by atoms with Crippen LogP contribution in [-0.4, -0.2) is 41.3 Å². The van der Waals surface area contributed by atoms with Crippen LogP contribution in [0, 0.1) is 5.92 Å². The molecule has 0 aliphatic heterocycles. The molecule has 7 nitrogen and oxygen atoms in total. The Morgan fingerprint density at radius 3 is 2.09 bits per heavy atom. The van der Waals surface area contributed by atoms with E-state index < -0.39 is 29.6 Å². The molecule has 0 aromatic heterocycles. The molecule has 0 saturated carbocycles. The summed E-state index contributed by atoms with van der Waals surface area (Å²) in [5.74, 6) is -1.63. The normalized spacial score (nSPS) is 14.5. The second kappa shape index (κ2) is 10.1. The van der Waals surface area contributed by atoms with Crippen LogP contribution in [0.4, 0.5) is 4.79 Å². The third-order valence-corrected chi connectivity index (χ3v) is 6.26. The molecule has 1 aliphatic rings. The van der Waals surface area contributed by atoms with E-state index in [-0.39, 0.29) is 18.4 Å². The third kappa shape index (κ3) is 5.53. The van der Waals surface area contributed by atoms with Gasteiger partial charge in [0.15, 0.2) is 0 Å². The minimum absolute atomic E-state index is 0.0871. The van der Waals surface area contributed by atoms with Crippen LogP contribution >= 0.6 is 0 Å². The number of hydrogen-bond acceptors (Lipinski definition) is 4. The topological polar surface area (TPSA) is 105 Å². The fourth-order valence-corrected chi connectivity index (χ4v) is 4.03. The van der Waals surface area contributed by atoms with Crippen molar-refractivity contribution in [1.82, 2.24) is 10.6 Å². The Morgan fingerprint density at radius 2 is 1.58 bits per heavy atom. The summed E-state index contributed by atoms with van der Waals surface area (Å²) in [4.78, 5) is 36.9. The number of carboxylic acid groups (broad SMARTS) is 1. The lowest BCUT2D eigenvalue weighted by molar-refractivity contribution is -0.146. The van der Waals surface area contributed by atoms with Gasteiger partial charge in [0, 0.05) is 5.92 Å². The van der Waals surface area contributed by atoms with Crippen LogP contribution in [-0.2, 0) is 14.3 Å². The zero-order chi connectivity index (χ0) is 24.2. The first-order valence-corrected chi connectivity index (χ1v) is 11.3. The second-order valence-electron chi connectivity index (χ2n) is 9.19. The number of benzene rings is 2. The van der Waals surface area contributed by atoms with Gasteiger partial charge in [0.1, 0.15) is 18.2 Å². The lowest BCUT2D eigenvalue weighted by atomic mass is 9.97. The van der Waals surface area contributed by atoms with E-state index in [2.05, 4.69) is 22.8 Å². The summed E-state index contributed by atoms with van der Waals surface area (Å²) in [6, 6.07) is 15.2. The van der Waals surface area contributed by atoms with Crippen LogP contribution in [0.1, 0.15) is 57.6 Å². The molecule has 176 valence electrons. The number of rotatable bonds is 9. The number of fused-ring (bicyclic) bond motifs is 3. The second-order valence-corrected chi connectivity index (χ2v) is 9.19. The average molecular weight is 453 g/mol. The molecular formula is C26H32N2O5. The smallest absolute Gasteiger partial charge is 0.407 e. The van der Waals surface area contributed by atoms with E-state index in [9.17, 15) is 19.5 Å². The number of carbonyl (C=O) groups is 3. The van der Waals surface area contributed by atoms with Crippen molar-refractivity contribution >= 4 is 18.0 Å². The lowest BCUT2D eigenvalue weighted by Gasteiger charge is -2.26. The minimum Gasteiger partial charge on any atom is -0.480 e. The number of ether oxygens (including phenoxy) is 1. The molecule has 2 aromatic carbocycles. The largest absolute Gasteiger partial charge is 0.480 e. The van der Waals surface area contributed by atoms with Gasteiger partial charge in [0.25, 0.3) is 0 Å². The van der Waals surface area contributed by atoms with Crippen LogP contribution in [0.3, 0.4) is 0 Å². The van der Waals surface area contributed by atoms with Crippen LogP contribution < -0.4 is 10.6 Å². The molecule has 0 bridgehead atoms. The van der Waals surface area contributed by atoms with Crippen molar-refractivity contribution in [3.8, 4) is 11.1 Å². The predicted molar refractivity (Wildman–Crippen MR) is 126 cm³/mol. The van der Waals surface area contributed by atoms with Gasteiger partial charge in [-0.1, -0.05) is 68.8 Å². The third-order valence-electron chi connectivity index (χ3n) is 6.26. The lowest BCUT2D eigenvalue weighted by Crippen LogP contribution is -2.56. The monoisotopic (exact) mass is 452 g/mol. The summed E-state index contributed by atoms with van der Waals surface area (Å²) in [6.07, 6.45) is 0.495. The first-order chi connectivity index (χ1) is 15.6. The van der Waals surface area contributed by atoms with Gasteiger partial charge in [0.2, 0.25) is 5.91 Å². The molecule has 0 radical (unpaired) electrons. The molecule has 3 rings (SSSR count). The summed E-state index contributed by atoms with van der Waals surface area (Å²) >= 11 is 0. The van der Waals surface area contributed by atoms with Gasteiger partial charge in [-0.2, -0.15) is 0 Å². The van der Waals surface area contributed by atoms with E-state index in [1.165, 1.54) is 13.8 Å². The van der Waals surface area contributed by atoms with Gasteiger partial charge in [-0.3, -0.25) is 4.79 Å². The molecular weight excluding hydrogens is 420 g/mol. The Morgan fingerprint density at radius 1 is 1.03 bits per heavy atom. The first-order valence-electron chi connectivity index (χ1n) is 11.3. The number of hydrogen-bond donors (Lipinski definition) is 3. The van der Waals surface area contributed by atoms with Gasteiger partial charge in [-0.05, 0) is 48.4 Å². The number of amides is 2. The maximum atomic E-state index is 12.8. The number of carbonyl (C=O) groups excluding carboxylic acids is 2. The maximum Gasteiger partial charge on any atom is 0.407 e. The van der Waals surface area contributed by atoms with E-state index in [1.54, 1.807) is 0 Å². The number of carboxylic acids is 1. The summed E-state index contributed by atoms with van der Waals surface area (Å²) in [6.45, 7) is 6.91. The van der Waals surface area contributed by atoms with E-state index in [4.69, 9.17) is 4.74 Å². The summed E-state index contributed by atoms with van der Waals surface area (Å²) < 4.78 is 5.57. The molecule has 2 atom stereocenters. The van der Waals surface area contributed by atoms with Crippen LogP contribution in [0.2, 0.25) is 0 Å². The molecule has 33 heavy (non-hydrogen) atoms. The fraction of sp³-hybridized carbons (Fsp3) is 0.423. The van der Waals surface area contributed by atoms with E-state index in [0.717, 1.165) is 28.7 Å². The number of alkyl carbamates (subject to hydrolysis) is 1. The van der Waals surface area contributed by atoms with Crippen molar-refractivity contribution in [2.75, 3.05) is 6.61 Å². The first kappa shape index (κ1) is 24.3. The SMILES string of the molecule is CCC(C)CC(NC(=O)OCC1c2ccccc2-c2ccccc21)C(=O)NC(C)(C)C(=O)O. The highest BCUT2D eigenvalue weighted by atomic mass is 16.5. The summed E-state index contributed by atoms with van der Waals surface area (Å²) in [5.41, 5.74) is 3.01. The standard InChI is InChI=1S/C26H32N2O5/c1-5-16(2)14-22(23(29)28-26(3,4)24(30)31)27-25(32)33-15-21-19-12-8-6-10-17(19)18-11-7-9-13-20(18)21/h6-13,16,21-22H,5,14-15H2,1-4H3,(H,27,32)(H,28,29)(H,30,31). The van der Waals surface area contributed by atoms with E-state index >= 15 is 0 Å². The number of nitrogens with one attached hydrogen (secondary N) is 2. The Hall–Kier alpha value is -3.35. The summed E-state index contributed by atoms with van der Waals surface area (Å²) in [5, 5.41) is 14.5. The van der Waals surface area contributed by atoms with Crippen molar-refractivity contribution in [3.63, 3.8) is 0 Å². The van der Waals surface area contributed by atoms with Crippen molar-refractivity contribution in [2.45, 2.75) is 58.0 Å². The Kier molecular flexibility index (Phi) is 7.41. The van der Waals surface area contributed by atoms with Gasteiger partial charge in [0.05, 0.1) is 0 Å². The maximum absolute atomic E-state index is 12.8. The quantitative estimate of drug-likeness (QED) is 0.526. The van der Waals surface area contributed by atoms with Crippen molar-refractivity contribution in [2.24, 2.45) is 5.92 Å². The Labute approximate surface area is 194 Å². The molecule has 2 amide bonds. The van der Waals surface area contributed by atoms with Crippen LogP contribution in [0.5, 0.6) is 0 Å². The highest BCUT2D eigenvalue weighted by Gasteiger charge is 2.34. The molecule has 3 N–H and O–H groups in total. The van der Waals surface area contributed by atoms with E-state index in [0.29, 0.717) is 6.42 Å². The molecule has 0 saturated heterocycles. The zero-order valence-corrected chi connectivity index (χ0v) is 19.6. The van der Waals surface area contributed by atoms with Crippen molar-refractivity contribution in [3.05, 3.63) is 59.7 Å². The highest BCUT2D eigenvalue weighted by Crippen LogP contribution is 2.44. The molecule has 0 heterocycles. The van der Waals surface area contributed by atoms with Gasteiger partial charge in [-0.15, -0.1) is 0 Å². The molecule has 2 unspecified atom stereocenters. The average Bonchev–Trinajstić information content (AvgIpc) is 3.10. The van der Waals surface area contributed by atoms with Gasteiger partial charge in [-0.25, -0.2) is 9.59 Å². The van der Waals surface area contributed by atoms with Gasteiger partial charge < -0.3 is 20.5 Å². The van der Waals surface area contributed by atoms with E-state index in [1.807, 2.05) is 50.2 Å². The Bertz CT molecular complexity index is 987. The van der Waals surface area contributed by atoms with Crippen molar-refractivity contribution in [1.29, 1.82) is 0 Å². The highest BCUT2D eigenvalue weighted by molar-refractivity contribution is 5.91. The van der Waals surface area contributed by atoms with Crippen LogP contribution in [0.25, 0.3) is 11.1 Å². The predicted octanol–water partition coefficient (Wildman–Crippen LogP) is 4.31. The van der Waals surface area contributed by atoms with Crippen molar-refractivity contribution < 1.29 is 24.2 Å². The Balaban J connectivity index is 1.69. The molecule has 0 spiro atoms. The summed E-state index contributed by atoms with van der Waals surface area (Å²) in [7, 11) is 0. The molecule has 2 aromatic rings. The molecule has 0 fully saturated rings. The van der Waals surface area contributed by atoms with Crippen LogP contribution in [0.15, 0.2) is 48.5 Å². The molecule has 7 heteroatoms. The molecule has 1 aliphatic carbocycles. The zero-order valence-electron chi connectivity index (χ0n) is 19.6. The number of aliphatic carboxylic acids is 1. The fourth-order valence-electron chi connectivity index (χ4n) is 4.03.